The average molecular weight is 477 g/mol. The summed E-state index contributed by atoms with van der Waals surface area (Å²) in [5.41, 5.74) is 4.21. The van der Waals surface area contributed by atoms with E-state index in [2.05, 4.69) is 29.2 Å². The van der Waals surface area contributed by atoms with Gasteiger partial charge in [0, 0.05) is 12.1 Å². The van der Waals surface area contributed by atoms with Gasteiger partial charge in [-0.05, 0) is 69.8 Å². The van der Waals surface area contributed by atoms with Crippen LogP contribution in [0.1, 0.15) is 80.9 Å². The van der Waals surface area contributed by atoms with E-state index in [1.54, 1.807) is 0 Å². The second-order valence-corrected chi connectivity index (χ2v) is 10.1. The standard InChI is InChI=1S/C28H36N4O3/c1-19(2)35-27-25-23(21-13-11-20(12-14-21)18-31-15-7-8-16-31)17-24(28(33)34-3)29-26(25)32(30-27)22-9-5-4-6-10-22/h11-14,17,19,22H,4-10,15-16,18H2,1-3H3. The van der Waals surface area contributed by atoms with Crippen molar-refractivity contribution in [1.82, 2.24) is 19.7 Å². The molecule has 7 nitrogen and oxygen atoms in total. The molecule has 0 bridgehead atoms. The van der Waals surface area contributed by atoms with Crippen LogP contribution in [0.2, 0.25) is 0 Å². The van der Waals surface area contributed by atoms with Crippen LogP contribution < -0.4 is 4.74 Å². The molecule has 1 aromatic carbocycles. The summed E-state index contributed by atoms with van der Waals surface area (Å²) in [7, 11) is 1.40. The van der Waals surface area contributed by atoms with Gasteiger partial charge in [0.1, 0.15) is 0 Å². The van der Waals surface area contributed by atoms with Crippen molar-refractivity contribution in [3.8, 4) is 17.0 Å². The number of carbonyl (C=O) groups excluding carboxylic acids is 1. The van der Waals surface area contributed by atoms with Crippen molar-refractivity contribution in [2.75, 3.05) is 20.2 Å². The maximum absolute atomic E-state index is 12.6. The van der Waals surface area contributed by atoms with Crippen molar-refractivity contribution in [2.24, 2.45) is 0 Å². The van der Waals surface area contributed by atoms with Gasteiger partial charge in [0.05, 0.1) is 24.6 Å². The van der Waals surface area contributed by atoms with Gasteiger partial charge in [-0.2, -0.15) is 0 Å². The van der Waals surface area contributed by atoms with Crippen molar-refractivity contribution in [3.05, 3.63) is 41.6 Å². The fourth-order valence-electron chi connectivity index (χ4n) is 5.41. The first-order chi connectivity index (χ1) is 17.0. The molecule has 0 amide bonds. The SMILES string of the molecule is COC(=O)c1cc(-c2ccc(CN3CCCC3)cc2)c2c(OC(C)C)nn(C3CCCCC3)c2n1. The lowest BCUT2D eigenvalue weighted by molar-refractivity contribution is 0.0594. The lowest BCUT2D eigenvalue weighted by atomic mass is 9.95. The van der Waals surface area contributed by atoms with Crippen LogP contribution in [-0.4, -0.2) is 51.9 Å². The molecular weight excluding hydrogens is 440 g/mol. The Balaban J connectivity index is 1.63. The molecule has 3 heterocycles. The van der Waals surface area contributed by atoms with Gasteiger partial charge in [-0.15, -0.1) is 5.10 Å². The van der Waals surface area contributed by atoms with Crippen LogP contribution >= 0.6 is 0 Å². The number of methoxy groups -OCH3 is 1. The van der Waals surface area contributed by atoms with Gasteiger partial charge in [0.2, 0.25) is 5.88 Å². The highest BCUT2D eigenvalue weighted by molar-refractivity contribution is 6.01. The normalized spacial score (nSPS) is 17.4. The molecule has 3 aromatic rings. The van der Waals surface area contributed by atoms with E-state index in [1.807, 2.05) is 24.6 Å². The van der Waals surface area contributed by atoms with Gasteiger partial charge in [-0.3, -0.25) is 4.90 Å². The number of nitrogens with zero attached hydrogens (tertiary/aromatic N) is 4. The quantitative estimate of drug-likeness (QED) is 0.403. The topological polar surface area (TPSA) is 69.5 Å². The zero-order valence-corrected chi connectivity index (χ0v) is 21.1. The lowest BCUT2D eigenvalue weighted by Crippen LogP contribution is -2.18. The van der Waals surface area contributed by atoms with Crippen LogP contribution in [0.15, 0.2) is 30.3 Å². The first-order valence-corrected chi connectivity index (χ1v) is 13.0. The molecular formula is C28H36N4O3. The molecule has 1 aliphatic carbocycles. The predicted molar refractivity (Wildman–Crippen MR) is 137 cm³/mol. The second-order valence-electron chi connectivity index (χ2n) is 10.1. The van der Waals surface area contributed by atoms with Gasteiger partial charge >= 0.3 is 5.97 Å². The molecule has 35 heavy (non-hydrogen) atoms. The third-order valence-corrected chi connectivity index (χ3v) is 7.16. The van der Waals surface area contributed by atoms with Gasteiger partial charge < -0.3 is 9.47 Å². The molecule has 0 radical (unpaired) electrons. The molecule has 7 heteroatoms. The minimum atomic E-state index is -0.443. The van der Waals surface area contributed by atoms with Crippen molar-refractivity contribution >= 4 is 17.0 Å². The summed E-state index contributed by atoms with van der Waals surface area (Å²) in [5, 5.41) is 5.79. The Labute approximate surface area is 207 Å². The fourth-order valence-corrected chi connectivity index (χ4v) is 5.41. The zero-order valence-electron chi connectivity index (χ0n) is 21.1. The van der Waals surface area contributed by atoms with Crippen molar-refractivity contribution in [2.45, 2.75) is 77.5 Å². The zero-order chi connectivity index (χ0) is 24.4. The van der Waals surface area contributed by atoms with Gasteiger partial charge in [-0.1, -0.05) is 43.5 Å². The van der Waals surface area contributed by atoms with E-state index in [1.165, 1.54) is 57.9 Å². The van der Waals surface area contributed by atoms with Crippen molar-refractivity contribution in [3.63, 3.8) is 0 Å². The molecule has 1 aliphatic heterocycles. The van der Waals surface area contributed by atoms with Crippen LogP contribution in [-0.2, 0) is 11.3 Å². The third kappa shape index (κ3) is 5.06. The molecule has 2 aliphatic rings. The fraction of sp³-hybridized carbons (Fsp3) is 0.536. The number of pyridine rings is 1. The van der Waals surface area contributed by atoms with Crippen LogP contribution in [0.25, 0.3) is 22.2 Å². The monoisotopic (exact) mass is 476 g/mol. The summed E-state index contributed by atoms with van der Waals surface area (Å²) in [4.78, 5) is 19.9. The maximum atomic E-state index is 12.6. The van der Waals surface area contributed by atoms with E-state index in [-0.39, 0.29) is 12.1 Å². The summed E-state index contributed by atoms with van der Waals surface area (Å²) >= 11 is 0. The molecule has 1 saturated heterocycles. The Morgan fingerprint density at radius 3 is 2.43 bits per heavy atom. The largest absolute Gasteiger partial charge is 0.473 e. The van der Waals surface area contributed by atoms with E-state index < -0.39 is 5.97 Å². The molecule has 2 fully saturated rings. The molecule has 186 valence electrons. The minimum absolute atomic E-state index is 0.0242. The number of rotatable bonds is 7. The number of hydrogen-bond acceptors (Lipinski definition) is 6. The third-order valence-electron chi connectivity index (χ3n) is 7.16. The second kappa shape index (κ2) is 10.4. The highest BCUT2D eigenvalue weighted by Gasteiger charge is 2.27. The summed E-state index contributed by atoms with van der Waals surface area (Å²) in [5.74, 6) is 0.141. The number of fused-ring (bicyclic) bond motifs is 1. The number of likely N-dealkylation sites (tertiary alicyclic amines) is 1. The highest BCUT2D eigenvalue weighted by atomic mass is 16.5. The summed E-state index contributed by atoms with van der Waals surface area (Å²) in [6.45, 7) is 7.33. The molecule has 1 saturated carbocycles. The van der Waals surface area contributed by atoms with E-state index in [0.29, 0.717) is 17.2 Å². The Bertz CT molecular complexity index is 1170. The first-order valence-electron chi connectivity index (χ1n) is 13.0. The Morgan fingerprint density at radius 1 is 1.06 bits per heavy atom. The number of benzene rings is 1. The van der Waals surface area contributed by atoms with E-state index in [0.717, 1.165) is 35.9 Å². The lowest BCUT2D eigenvalue weighted by Gasteiger charge is -2.22. The highest BCUT2D eigenvalue weighted by Crippen LogP contribution is 2.39. The molecule has 5 rings (SSSR count). The van der Waals surface area contributed by atoms with Crippen LogP contribution in [0.3, 0.4) is 0 Å². The number of ether oxygens (including phenoxy) is 2. The Hall–Kier alpha value is -2.93. The van der Waals surface area contributed by atoms with E-state index >= 15 is 0 Å². The molecule has 2 aromatic heterocycles. The van der Waals surface area contributed by atoms with Crippen LogP contribution in [0.5, 0.6) is 5.88 Å². The first kappa shape index (κ1) is 23.8. The summed E-state index contributed by atoms with van der Waals surface area (Å²) < 4.78 is 13.3. The number of aromatic nitrogens is 3. The number of hydrogen-bond donors (Lipinski definition) is 0. The van der Waals surface area contributed by atoms with Crippen molar-refractivity contribution in [1.29, 1.82) is 0 Å². The van der Waals surface area contributed by atoms with Crippen LogP contribution in [0.4, 0.5) is 0 Å². The van der Waals surface area contributed by atoms with Gasteiger partial charge in [-0.25, -0.2) is 14.5 Å². The molecule has 0 unspecified atom stereocenters. The summed E-state index contributed by atoms with van der Waals surface area (Å²) in [6, 6.07) is 10.7. The summed E-state index contributed by atoms with van der Waals surface area (Å²) in [6.07, 6.45) is 8.26. The number of carbonyl (C=O) groups is 1. The van der Waals surface area contributed by atoms with E-state index in [9.17, 15) is 4.79 Å². The molecule has 0 N–H and O–H groups in total. The molecule has 0 atom stereocenters. The smallest absolute Gasteiger partial charge is 0.356 e. The predicted octanol–water partition coefficient (Wildman–Crippen LogP) is 5.77. The maximum Gasteiger partial charge on any atom is 0.356 e. The van der Waals surface area contributed by atoms with Crippen molar-refractivity contribution < 1.29 is 14.3 Å². The van der Waals surface area contributed by atoms with Gasteiger partial charge in [0.25, 0.3) is 0 Å². The van der Waals surface area contributed by atoms with Crippen LogP contribution in [0, 0.1) is 0 Å². The molecule has 0 spiro atoms. The number of esters is 1. The van der Waals surface area contributed by atoms with E-state index in [4.69, 9.17) is 19.6 Å². The minimum Gasteiger partial charge on any atom is -0.473 e. The van der Waals surface area contributed by atoms with Gasteiger partial charge in [0.15, 0.2) is 11.3 Å². The Kier molecular flexibility index (Phi) is 7.04. The average Bonchev–Trinajstić information content (AvgIpc) is 3.52. The Morgan fingerprint density at radius 2 is 1.77 bits per heavy atom.